The van der Waals surface area contributed by atoms with Crippen molar-refractivity contribution in [2.24, 2.45) is 0 Å². The smallest absolute Gasteiger partial charge is 0.337 e. The number of nitrogens with two attached hydrogens (primary N) is 1. The number of nitrogen functional groups attached to an aromatic ring is 1. The molecule has 1 aliphatic carbocycles. The van der Waals surface area contributed by atoms with Crippen molar-refractivity contribution in [2.45, 2.75) is 45.1 Å². The summed E-state index contributed by atoms with van der Waals surface area (Å²) in [7, 11) is 0. The number of aromatic carboxylic acids is 1. The van der Waals surface area contributed by atoms with Crippen LogP contribution in [0.5, 0.6) is 0 Å². The van der Waals surface area contributed by atoms with E-state index in [1.807, 2.05) is 6.07 Å². The van der Waals surface area contributed by atoms with Crippen molar-refractivity contribution < 1.29 is 9.90 Å². The first-order chi connectivity index (χ1) is 9.15. The van der Waals surface area contributed by atoms with Gasteiger partial charge in [-0.1, -0.05) is 25.3 Å². The molecule has 19 heavy (non-hydrogen) atoms. The topological polar surface area (TPSA) is 66.6 Å². The average Bonchev–Trinajstić information content (AvgIpc) is 2.42. The van der Waals surface area contributed by atoms with Gasteiger partial charge in [0.15, 0.2) is 0 Å². The Bertz CT molecular complexity index is 453. The lowest BCUT2D eigenvalue weighted by Gasteiger charge is -2.36. The van der Waals surface area contributed by atoms with Crippen LogP contribution >= 0.6 is 0 Å². The minimum atomic E-state index is -0.959. The van der Waals surface area contributed by atoms with Crippen molar-refractivity contribution >= 4 is 17.3 Å². The normalized spacial score (nSPS) is 16.3. The molecular formula is C15H22N2O2. The van der Waals surface area contributed by atoms with E-state index < -0.39 is 5.97 Å². The number of hydrogen-bond acceptors (Lipinski definition) is 3. The third kappa shape index (κ3) is 2.83. The van der Waals surface area contributed by atoms with Gasteiger partial charge in [0.25, 0.3) is 0 Å². The summed E-state index contributed by atoms with van der Waals surface area (Å²) in [6.07, 6.45) is 6.15. The van der Waals surface area contributed by atoms with E-state index in [1.165, 1.54) is 32.1 Å². The molecule has 3 N–H and O–H groups in total. The number of benzene rings is 1. The van der Waals surface area contributed by atoms with Crippen molar-refractivity contribution in [2.75, 3.05) is 17.2 Å². The van der Waals surface area contributed by atoms with Gasteiger partial charge >= 0.3 is 5.97 Å². The Balaban J connectivity index is 2.32. The lowest BCUT2D eigenvalue weighted by atomic mass is 9.93. The SMILES string of the molecule is CCN(c1cccc(C(=O)O)c1N)C1CCCCC1. The Labute approximate surface area is 114 Å². The molecule has 0 aromatic heterocycles. The quantitative estimate of drug-likeness (QED) is 0.818. The molecule has 0 radical (unpaired) electrons. The summed E-state index contributed by atoms with van der Waals surface area (Å²) in [5.41, 5.74) is 7.51. The van der Waals surface area contributed by atoms with E-state index in [2.05, 4.69) is 11.8 Å². The van der Waals surface area contributed by atoms with Crippen molar-refractivity contribution in [3.05, 3.63) is 23.8 Å². The molecule has 1 saturated carbocycles. The fraction of sp³-hybridized carbons (Fsp3) is 0.533. The molecule has 0 heterocycles. The predicted molar refractivity (Wildman–Crippen MR) is 77.7 cm³/mol. The van der Waals surface area contributed by atoms with Gasteiger partial charge in [-0.15, -0.1) is 0 Å². The van der Waals surface area contributed by atoms with Gasteiger partial charge in [0.1, 0.15) is 0 Å². The molecule has 0 atom stereocenters. The highest BCUT2D eigenvalue weighted by Crippen LogP contribution is 2.32. The zero-order valence-electron chi connectivity index (χ0n) is 11.4. The third-order valence-corrected chi connectivity index (χ3v) is 3.98. The maximum Gasteiger partial charge on any atom is 0.337 e. The van der Waals surface area contributed by atoms with E-state index in [4.69, 9.17) is 10.8 Å². The highest BCUT2D eigenvalue weighted by molar-refractivity contribution is 5.97. The summed E-state index contributed by atoms with van der Waals surface area (Å²) < 4.78 is 0. The van der Waals surface area contributed by atoms with Crippen LogP contribution in [0, 0.1) is 0 Å². The number of carbonyl (C=O) groups is 1. The first-order valence-corrected chi connectivity index (χ1v) is 7.03. The molecule has 1 aromatic carbocycles. The van der Waals surface area contributed by atoms with Crippen LogP contribution in [0.25, 0.3) is 0 Å². The Morgan fingerprint density at radius 1 is 1.37 bits per heavy atom. The summed E-state index contributed by atoms with van der Waals surface area (Å²) in [4.78, 5) is 13.4. The summed E-state index contributed by atoms with van der Waals surface area (Å²) in [6, 6.07) is 5.77. The van der Waals surface area contributed by atoms with Crippen LogP contribution in [-0.4, -0.2) is 23.7 Å². The van der Waals surface area contributed by atoms with Crippen LogP contribution in [0.1, 0.15) is 49.4 Å². The van der Waals surface area contributed by atoms with Crippen LogP contribution in [0.4, 0.5) is 11.4 Å². The minimum absolute atomic E-state index is 0.201. The minimum Gasteiger partial charge on any atom is -0.478 e. The van der Waals surface area contributed by atoms with Gasteiger partial charge in [0.2, 0.25) is 0 Å². The molecule has 0 spiro atoms. The number of rotatable bonds is 4. The van der Waals surface area contributed by atoms with Gasteiger partial charge in [-0.25, -0.2) is 4.79 Å². The van der Waals surface area contributed by atoms with Crippen LogP contribution in [0.15, 0.2) is 18.2 Å². The van der Waals surface area contributed by atoms with Crippen LogP contribution < -0.4 is 10.6 Å². The molecule has 1 aliphatic rings. The second-order valence-electron chi connectivity index (χ2n) is 5.12. The summed E-state index contributed by atoms with van der Waals surface area (Å²) in [5.74, 6) is -0.959. The molecule has 1 fully saturated rings. The molecule has 4 nitrogen and oxygen atoms in total. The fourth-order valence-corrected chi connectivity index (χ4v) is 3.01. The van der Waals surface area contributed by atoms with E-state index in [0.717, 1.165) is 12.2 Å². The molecule has 0 aliphatic heterocycles. The Morgan fingerprint density at radius 2 is 2.05 bits per heavy atom. The van der Waals surface area contributed by atoms with E-state index in [1.54, 1.807) is 12.1 Å². The third-order valence-electron chi connectivity index (χ3n) is 3.98. The van der Waals surface area contributed by atoms with E-state index >= 15 is 0 Å². The predicted octanol–water partition coefficient (Wildman–Crippen LogP) is 3.13. The maximum absolute atomic E-state index is 11.2. The molecule has 4 heteroatoms. The van der Waals surface area contributed by atoms with Crippen molar-refractivity contribution in [3.8, 4) is 0 Å². The molecule has 1 aromatic rings. The van der Waals surface area contributed by atoms with Crippen molar-refractivity contribution in [1.82, 2.24) is 0 Å². The Morgan fingerprint density at radius 3 is 2.63 bits per heavy atom. The van der Waals surface area contributed by atoms with Gasteiger partial charge in [0.05, 0.1) is 16.9 Å². The fourth-order valence-electron chi connectivity index (χ4n) is 3.01. The van der Waals surface area contributed by atoms with Gasteiger partial charge < -0.3 is 15.7 Å². The Kier molecular flexibility index (Phi) is 4.30. The van der Waals surface area contributed by atoms with E-state index in [9.17, 15) is 4.79 Å². The monoisotopic (exact) mass is 262 g/mol. The second-order valence-corrected chi connectivity index (χ2v) is 5.12. The summed E-state index contributed by atoms with van der Waals surface area (Å²) in [5, 5.41) is 9.16. The largest absolute Gasteiger partial charge is 0.478 e. The van der Waals surface area contributed by atoms with Crippen LogP contribution in [0.3, 0.4) is 0 Å². The number of hydrogen-bond donors (Lipinski definition) is 2. The van der Waals surface area contributed by atoms with Crippen molar-refractivity contribution in [3.63, 3.8) is 0 Å². The number of anilines is 2. The molecule has 0 amide bonds. The summed E-state index contributed by atoms with van der Waals surface area (Å²) in [6.45, 7) is 2.96. The maximum atomic E-state index is 11.2. The second kappa shape index (κ2) is 5.95. The zero-order chi connectivity index (χ0) is 13.8. The first kappa shape index (κ1) is 13.7. The molecule has 0 saturated heterocycles. The highest BCUT2D eigenvalue weighted by atomic mass is 16.4. The molecule has 2 rings (SSSR count). The Hall–Kier alpha value is -1.71. The van der Waals surface area contributed by atoms with Crippen LogP contribution in [-0.2, 0) is 0 Å². The number of nitrogens with zero attached hydrogens (tertiary/aromatic N) is 1. The van der Waals surface area contributed by atoms with Gasteiger partial charge in [-0.2, -0.15) is 0 Å². The average molecular weight is 262 g/mol. The van der Waals surface area contributed by atoms with E-state index in [-0.39, 0.29) is 5.56 Å². The number of carboxylic acids is 1. The number of para-hydroxylation sites is 1. The lowest BCUT2D eigenvalue weighted by molar-refractivity contribution is 0.0698. The van der Waals surface area contributed by atoms with Crippen molar-refractivity contribution in [1.29, 1.82) is 0 Å². The van der Waals surface area contributed by atoms with Crippen LogP contribution in [0.2, 0.25) is 0 Å². The van der Waals surface area contributed by atoms with Gasteiger partial charge in [-0.3, -0.25) is 0 Å². The summed E-state index contributed by atoms with van der Waals surface area (Å²) >= 11 is 0. The number of carboxylic acid groups (broad SMARTS) is 1. The standard InChI is InChI=1S/C15H22N2O2/c1-2-17(11-7-4-3-5-8-11)13-10-6-9-12(14(13)16)15(18)19/h6,9-11H,2-5,7-8,16H2,1H3,(H,18,19). The zero-order valence-corrected chi connectivity index (χ0v) is 11.4. The van der Waals surface area contributed by atoms with E-state index in [0.29, 0.717) is 11.7 Å². The molecular weight excluding hydrogens is 240 g/mol. The molecule has 0 bridgehead atoms. The molecule has 104 valence electrons. The lowest BCUT2D eigenvalue weighted by Crippen LogP contribution is -2.37. The van der Waals surface area contributed by atoms with Gasteiger partial charge in [0, 0.05) is 12.6 Å². The first-order valence-electron chi connectivity index (χ1n) is 7.03. The molecule has 0 unspecified atom stereocenters. The highest BCUT2D eigenvalue weighted by Gasteiger charge is 2.23. The van der Waals surface area contributed by atoms with Gasteiger partial charge in [-0.05, 0) is 31.9 Å².